The highest BCUT2D eigenvalue weighted by atomic mass is 35.5. The maximum atomic E-state index is 11.5. The quantitative estimate of drug-likeness (QED) is 0.640. The fraction of sp³-hybridized carbons (Fsp3) is 0.455. The topological polar surface area (TPSA) is 51.2 Å². The summed E-state index contributed by atoms with van der Waals surface area (Å²) in [7, 11) is 1.33. The molecule has 0 aliphatic carbocycles. The largest absolute Gasteiger partial charge is 0.465 e. The summed E-state index contributed by atoms with van der Waals surface area (Å²) in [5.41, 5.74) is 0.169. The van der Waals surface area contributed by atoms with Gasteiger partial charge in [0.05, 0.1) is 7.11 Å². The molecule has 0 spiro atoms. The number of hydrogen-bond donors (Lipinski definition) is 1. The molecule has 16 heavy (non-hydrogen) atoms. The number of carbonyl (C=O) groups is 1. The van der Waals surface area contributed by atoms with Crippen LogP contribution in [-0.2, 0) is 4.74 Å². The number of anilines is 1. The fourth-order valence-electron chi connectivity index (χ4n) is 1.16. The van der Waals surface area contributed by atoms with E-state index in [-0.39, 0.29) is 5.54 Å². The van der Waals surface area contributed by atoms with Crippen molar-refractivity contribution in [2.75, 3.05) is 12.4 Å². The molecule has 1 rings (SSSR count). The summed E-state index contributed by atoms with van der Waals surface area (Å²) < 4.78 is 4.67. The Morgan fingerprint density at radius 3 is 2.56 bits per heavy atom. The van der Waals surface area contributed by atoms with Gasteiger partial charge >= 0.3 is 5.97 Å². The van der Waals surface area contributed by atoms with Crippen molar-refractivity contribution in [1.29, 1.82) is 0 Å². The lowest BCUT2D eigenvalue weighted by atomic mass is 10.1. The van der Waals surface area contributed by atoms with Crippen LogP contribution in [0.4, 0.5) is 5.82 Å². The highest BCUT2D eigenvalue weighted by molar-refractivity contribution is 6.29. The number of ether oxygens (including phenoxy) is 1. The second kappa shape index (κ2) is 4.70. The molecular weight excluding hydrogens is 228 g/mol. The molecule has 0 aliphatic rings. The van der Waals surface area contributed by atoms with E-state index in [1.165, 1.54) is 7.11 Å². The third-order valence-electron chi connectivity index (χ3n) is 1.76. The van der Waals surface area contributed by atoms with Crippen LogP contribution in [0.2, 0.25) is 5.15 Å². The Balaban J connectivity index is 3.13. The first-order valence-electron chi connectivity index (χ1n) is 4.86. The van der Waals surface area contributed by atoms with Crippen molar-refractivity contribution < 1.29 is 9.53 Å². The summed E-state index contributed by atoms with van der Waals surface area (Å²) in [5.74, 6) is 0.00256. The summed E-state index contributed by atoms with van der Waals surface area (Å²) in [5, 5.41) is 3.44. The summed E-state index contributed by atoms with van der Waals surface area (Å²) in [4.78, 5) is 15.6. The van der Waals surface area contributed by atoms with Gasteiger partial charge in [0.2, 0.25) is 0 Å². The van der Waals surface area contributed by atoms with Crippen LogP contribution < -0.4 is 5.32 Å². The standard InChI is InChI=1S/C11H15ClN2O2/c1-11(2,3)14-9-7(10(15)16-4)5-6-8(12)13-9/h5-6H,1-4H3,(H,13,14). The number of rotatable bonds is 2. The SMILES string of the molecule is COC(=O)c1ccc(Cl)nc1NC(C)(C)C. The van der Waals surface area contributed by atoms with Crippen LogP contribution in [0.3, 0.4) is 0 Å². The van der Waals surface area contributed by atoms with E-state index < -0.39 is 5.97 Å². The fourth-order valence-corrected chi connectivity index (χ4v) is 1.31. The molecule has 0 radical (unpaired) electrons. The number of hydrogen-bond acceptors (Lipinski definition) is 4. The zero-order chi connectivity index (χ0) is 12.3. The predicted octanol–water partition coefficient (Wildman–Crippen LogP) is 2.73. The van der Waals surface area contributed by atoms with Crippen LogP contribution in [0.1, 0.15) is 31.1 Å². The Labute approximate surface area is 100.0 Å². The summed E-state index contributed by atoms with van der Waals surface area (Å²) in [6.45, 7) is 5.91. The molecule has 88 valence electrons. The molecule has 1 heterocycles. The molecule has 4 nitrogen and oxygen atoms in total. The zero-order valence-corrected chi connectivity index (χ0v) is 10.6. The van der Waals surface area contributed by atoms with Gasteiger partial charge in [0, 0.05) is 5.54 Å². The monoisotopic (exact) mass is 242 g/mol. The third kappa shape index (κ3) is 3.38. The highest BCUT2D eigenvalue weighted by Crippen LogP contribution is 2.20. The van der Waals surface area contributed by atoms with Crippen LogP contribution in [0.5, 0.6) is 0 Å². The molecule has 0 bridgehead atoms. The normalized spacial score (nSPS) is 11.1. The van der Waals surface area contributed by atoms with Gasteiger partial charge in [0.15, 0.2) is 0 Å². The van der Waals surface area contributed by atoms with Gasteiger partial charge < -0.3 is 10.1 Å². The smallest absolute Gasteiger partial charge is 0.341 e. The molecule has 0 fully saturated rings. The number of aromatic nitrogens is 1. The average Bonchev–Trinajstić information content (AvgIpc) is 2.14. The van der Waals surface area contributed by atoms with Gasteiger partial charge in [-0.25, -0.2) is 9.78 Å². The van der Waals surface area contributed by atoms with Gasteiger partial charge in [-0.1, -0.05) is 11.6 Å². The Kier molecular flexibility index (Phi) is 3.75. The molecule has 0 amide bonds. The third-order valence-corrected chi connectivity index (χ3v) is 1.97. The van der Waals surface area contributed by atoms with E-state index in [4.69, 9.17) is 11.6 Å². The van der Waals surface area contributed by atoms with E-state index in [0.29, 0.717) is 16.5 Å². The van der Waals surface area contributed by atoms with Gasteiger partial charge in [-0.2, -0.15) is 0 Å². The van der Waals surface area contributed by atoms with Crippen molar-refractivity contribution >= 4 is 23.4 Å². The molecule has 1 N–H and O–H groups in total. The molecule has 5 heteroatoms. The van der Waals surface area contributed by atoms with Gasteiger partial charge in [-0.15, -0.1) is 0 Å². The van der Waals surface area contributed by atoms with E-state index in [2.05, 4.69) is 15.0 Å². The lowest BCUT2D eigenvalue weighted by Gasteiger charge is -2.22. The maximum Gasteiger partial charge on any atom is 0.341 e. The minimum atomic E-state index is -0.434. The highest BCUT2D eigenvalue weighted by Gasteiger charge is 2.18. The summed E-state index contributed by atoms with van der Waals surface area (Å²) in [6.07, 6.45) is 0. The Morgan fingerprint density at radius 1 is 1.44 bits per heavy atom. The van der Waals surface area contributed by atoms with Crippen molar-refractivity contribution in [3.8, 4) is 0 Å². The predicted molar refractivity (Wildman–Crippen MR) is 64.0 cm³/mol. The lowest BCUT2D eigenvalue weighted by Crippen LogP contribution is -2.28. The second-order valence-corrected chi connectivity index (χ2v) is 4.78. The Hall–Kier alpha value is -1.29. The molecule has 1 aromatic rings. The maximum absolute atomic E-state index is 11.5. The molecule has 0 aromatic carbocycles. The summed E-state index contributed by atoms with van der Waals surface area (Å²) >= 11 is 5.79. The number of carbonyl (C=O) groups excluding carboxylic acids is 1. The van der Waals surface area contributed by atoms with Crippen LogP contribution in [0.15, 0.2) is 12.1 Å². The lowest BCUT2D eigenvalue weighted by molar-refractivity contribution is 0.0601. The van der Waals surface area contributed by atoms with Crippen molar-refractivity contribution in [3.05, 3.63) is 22.8 Å². The van der Waals surface area contributed by atoms with Crippen LogP contribution >= 0.6 is 11.6 Å². The second-order valence-electron chi connectivity index (χ2n) is 4.40. The van der Waals surface area contributed by atoms with Gasteiger partial charge in [0.1, 0.15) is 16.5 Å². The Bertz CT molecular complexity index is 399. The molecule has 0 aliphatic heterocycles. The van der Waals surface area contributed by atoms with Crippen LogP contribution in [0, 0.1) is 0 Å². The number of halogens is 1. The van der Waals surface area contributed by atoms with E-state index in [1.807, 2.05) is 20.8 Å². The molecule has 0 saturated heterocycles. The first-order valence-corrected chi connectivity index (χ1v) is 5.24. The molecule has 0 unspecified atom stereocenters. The van der Waals surface area contributed by atoms with E-state index in [9.17, 15) is 4.79 Å². The number of nitrogens with one attached hydrogen (secondary N) is 1. The zero-order valence-electron chi connectivity index (χ0n) is 9.80. The minimum absolute atomic E-state index is 0.208. The first kappa shape index (κ1) is 12.8. The van der Waals surface area contributed by atoms with Gasteiger partial charge in [0.25, 0.3) is 0 Å². The average molecular weight is 243 g/mol. The van der Waals surface area contributed by atoms with E-state index >= 15 is 0 Å². The van der Waals surface area contributed by atoms with Crippen LogP contribution in [-0.4, -0.2) is 23.6 Å². The molecule has 0 saturated carbocycles. The van der Waals surface area contributed by atoms with Crippen molar-refractivity contribution in [3.63, 3.8) is 0 Å². The van der Waals surface area contributed by atoms with E-state index in [1.54, 1.807) is 12.1 Å². The van der Waals surface area contributed by atoms with Crippen molar-refractivity contribution in [2.45, 2.75) is 26.3 Å². The number of methoxy groups -OCH3 is 1. The van der Waals surface area contributed by atoms with Gasteiger partial charge in [-0.05, 0) is 32.9 Å². The van der Waals surface area contributed by atoms with Crippen LogP contribution in [0.25, 0.3) is 0 Å². The minimum Gasteiger partial charge on any atom is -0.465 e. The van der Waals surface area contributed by atoms with Crippen molar-refractivity contribution in [2.24, 2.45) is 0 Å². The molecular formula is C11H15ClN2O2. The van der Waals surface area contributed by atoms with Gasteiger partial charge in [-0.3, -0.25) is 0 Å². The van der Waals surface area contributed by atoms with Crippen molar-refractivity contribution in [1.82, 2.24) is 4.98 Å². The van der Waals surface area contributed by atoms with E-state index in [0.717, 1.165) is 0 Å². The summed E-state index contributed by atoms with van der Waals surface area (Å²) in [6, 6.07) is 3.15. The molecule has 1 aromatic heterocycles. The Morgan fingerprint density at radius 2 is 2.06 bits per heavy atom. The number of esters is 1. The molecule has 0 atom stereocenters. The number of pyridine rings is 1. The number of nitrogens with zero attached hydrogens (tertiary/aromatic N) is 1. The first-order chi connectivity index (χ1) is 7.33.